The molecule has 5 nitrogen and oxygen atoms in total. The monoisotopic (exact) mass is 307 g/mol. The second kappa shape index (κ2) is 6.57. The fraction of sp³-hybridized carbons (Fsp3) is 0.882. The molecule has 0 spiro atoms. The van der Waals surface area contributed by atoms with Gasteiger partial charge in [0.25, 0.3) is 0 Å². The van der Waals surface area contributed by atoms with Crippen LogP contribution in [0.4, 0.5) is 0 Å². The second-order valence-electron chi connectivity index (χ2n) is 7.39. The van der Waals surface area contributed by atoms with Crippen molar-refractivity contribution in [3.63, 3.8) is 0 Å². The van der Waals surface area contributed by atoms with Crippen molar-refractivity contribution in [2.75, 3.05) is 26.2 Å². The molecule has 0 aromatic carbocycles. The van der Waals surface area contributed by atoms with Gasteiger partial charge in [0.15, 0.2) is 0 Å². The minimum Gasteiger partial charge on any atom is -0.343 e. The Bertz CT molecular complexity index is 418. The van der Waals surface area contributed by atoms with E-state index in [9.17, 15) is 9.59 Å². The number of hydrogen-bond acceptors (Lipinski definition) is 3. The highest BCUT2D eigenvalue weighted by Crippen LogP contribution is 2.31. The van der Waals surface area contributed by atoms with E-state index in [-0.39, 0.29) is 5.91 Å². The minimum atomic E-state index is -0.599. The Hall–Kier alpha value is -1.10. The number of hydrogen-bond donors (Lipinski definition) is 1. The molecular formula is C17H29N3O2. The molecule has 0 bridgehead atoms. The average molecular weight is 307 g/mol. The summed E-state index contributed by atoms with van der Waals surface area (Å²) < 4.78 is 0. The molecule has 1 aliphatic carbocycles. The van der Waals surface area contributed by atoms with Gasteiger partial charge < -0.3 is 15.5 Å². The van der Waals surface area contributed by atoms with Crippen molar-refractivity contribution in [1.82, 2.24) is 9.80 Å². The highest BCUT2D eigenvalue weighted by atomic mass is 16.2. The molecule has 0 atom stereocenters. The van der Waals surface area contributed by atoms with Gasteiger partial charge >= 0.3 is 0 Å². The van der Waals surface area contributed by atoms with Gasteiger partial charge in [0.1, 0.15) is 0 Å². The molecule has 0 unspecified atom stereocenters. The Morgan fingerprint density at radius 3 is 2.09 bits per heavy atom. The van der Waals surface area contributed by atoms with E-state index in [1.165, 1.54) is 0 Å². The molecule has 0 aromatic heterocycles. The zero-order valence-electron chi connectivity index (χ0n) is 13.6. The molecule has 2 saturated heterocycles. The standard InChI is InChI=1S/C17H29N3O2/c18-17(7-1-2-8-17)16(22)20-11-5-14(6-12-20)13-15(21)19-9-3-4-10-19/h14H,1-13,18H2. The fourth-order valence-corrected chi connectivity index (χ4v) is 4.22. The molecule has 0 aromatic rings. The molecule has 2 N–H and O–H groups in total. The van der Waals surface area contributed by atoms with E-state index < -0.39 is 5.54 Å². The van der Waals surface area contributed by atoms with Crippen LogP contribution in [0.3, 0.4) is 0 Å². The van der Waals surface area contributed by atoms with Crippen LogP contribution >= 0.6 is 0 Å². The third kappa shape index (κ3) is 3.29. The fourth-order valence-electron chi connectivity index (χ4n) is 4.22. The van der Waals surface area contributed by atoms with Gasteiger partial charge in [-0.3, -0.25) is 9.59 Å². The van der Waals surface area contributed by atoms with Gasteiger partial charge in [0.2, 0.25) is 11.8 Å². The zero-order valence-corrected chi connectivity index (χ0v) is 13.6. The SMILES string of the molecule is NC1(C(=O)N2CCC(CC(=O)N3CCCC3)CC2)CCCC1. The number of carbonyl (C=O) groups excluding carboxylic acids is 2. The van der Waals surface area contributed by atoms with Gasteiger partial charge in [-0.25, -0.2) is 0 Å². The van der Waals surface area contributed by atoms with Crippen molar-refractivity contribution in [3.8, 4) is 0 Å². The van der Waals surface area contributed by atoms with Crippen LogP contribution in [0.25, 0.3) is 0 Å². The highest BCUT2D eigenvalue weighted by molar-refractivity contribution is 5.86. The van der Waals surface area contributed by atoms with E-state index in [0.29, 0.717) is 18.2 Å². The van der Waals surface area contributed by atoms with Crippen molar-refractivity contribution in [3.05, 3.63) is 0 Å². The summed E-state index contributed by atoms with van der Waals surface area (Å²) in [6, 6.07) is 0. The second-order valence-corrected chi connectivity index (χ2v) is 7.39. The number of amides is 2. The maximum Gasteiger partial charge on any atom is 0.242 e. The van der Waals surface area contributed by atoms with E-state index in [1.54, 1.807) is 0 Å². The third-order valence-electron chi connectivity index (χ3n) is 5.75. The Labute approximate surface area is 133 Å². The third-order valence-corrected chi connectivity index (χ3v) is 5.75. The topological polar surface area (TPSA) is 66.6 Å². The number of likely N-dealkylation sites (tertiary alicyclic amines) is 2. The maximum absolute atomic E-state index is 12.6. The Morgan fingerprint density at radius 2 is 1.50 bits per heavy atom. The average Bonchev–Trinajstić information content (AvgIpc) is 3.19. The number of piperidine rings is 1. The van der Waals surface area contributed by atoms with Crippen molar-refractivity contribution < 1.29 is 9.59 Å². The Kier molecular flexibility index (Phi) is 4.71. The van der Waals surface area contributed by atoms with Crippen molar-refractivity contribution in [2.45, 2.75) is 63.3 Å². The first-order chi connectivity index (χ1) is 10.6. The molecule has 2 aliphatic heterocycles. The number of nitrogens with zero attached hydrogens (tertiary/aromatic N) is 2. The first-order valence-electron chi connectivity index (χ1n) is 8.94. The molecule has 22 heavy (non-hydrogen) atoms. The van der Waals surface area contributed by atoms with Gasteiger partial charge in [-0.05, 0) is 44.4 Å². The van der Waals surface area contributed by atoms with Crippen LogP contribution in [0, 0.1) is 5.92 Å². The normalized spacial score (nSPS) is 25.7. The minimum absolute atomic E-state index is 0.148. The van der Waals surface area contributed by atoms with Crippen LogP contribution in [-0.4, -0.2) is 53.3 Å². The predicted molar refractivity (Wildman–Crippen MR) is 85.1 cm³/mol. The molecular weight excluding hydrogens is 278 g/mol. The van der Waals surface area contributed by atoms with Crippen molar-refractivity contribution in [1.29, 1.82) is 0 Å². The summed E-state index contributed by atoms with van der Waals surface area (Å²) in [6.45, 7) is 3.42. The molecule has 3 aliphatic rings. The molecule has 2 heterocycles. The van der Waals surface area contributed by atoms with Gasteiger partial charge in [-0.15, -0.1) is 0 Å². The maximum atomic E-state index is 12.6. The summed E-state index contributed by atoms with van der Waals surface area (Å²) in [7, 11) is 0. The van der Waals surface area contributed by atoms with Crippen LogP contribution in [-0.2, 0) is 9.59 Å². The van der Waals surface area contributed by atoms with Crippen molar-refractivity contribution in [2.24, 2.45) is 11.7 Å². The van der Waals surface area contributed by atoms with Crippen LogP contribution in [0.5, 0.6) is 0 Å². The first kappa shape index (κ1) is 15.8. The number of carbonyl (C=O) groups is 2. The summed E-state index contributed by atoms with van der Waals surface area (Å²) in [5.74, 6) is 0.900. The number of nitrogens with two attached hydrogens (primary N) is 1. The number of rotatable bonds is 3. The van der Waals surface area contributed by atoms with Crippen LogP contribution in [0.2, 0.25) is 0 Å². The Morgan fingerprint density at radius 1 is 0.909 bits per heavy atom. The lowest BCUT2D eigenvalue weighted by molar-refractivity contribution is -0.138. The van der Waals surface area contributed by atoms with E-state index in [2.05, 4.69) is 0 Å². The molecule has 3 fully saturated rings. The van der Waals surface area contributed by atoms with E-state index in [1.807, 2.05) is 9.80 Å². The van der Waals surface area contributed by atoms with E-state index in [0.717, 1.165) is 77.5 Å². The Balaban J connectivity index is 1.46. The first-order valence-corrected chi connectivity index (χ1v) is 8.94. The van der Waals surface area contributed by atoms with Crippen LogP contribution in [0.1, 0.15) is 57.8 Å². The van der Waals surface area contributed by atoms with E-state index >= 15 is 0 Å². The predicted octanol–water partition coefficient (Wildman–Crippen LogP) is 1.51. The lowest BCUT2D eigenvalue weighted by Crippen LogP contribution is -2.55. The molecule has 124 valence electrons. The molecule has 2 amide bonds. The molecule has 3 rings (SSSR count). The highest BCUT2D eigenvalue weighted by Gasteiger charge is 2.40. The van der Waals surface area contributed by atoms with Gasteiger partial charge in [0, 0.05) is 32.6 Å². The van der Waals surface area contributed by atoms with Crippen molar-refractivity contribution >= 4 is 11.8 Å². The lowest BCUT2D eigenvalue weighted by atomic mass is 9.90. The summed E-state index contributed by atoms with van der Waals surface area (Å²) in [5, 5.41) is 0. The van der Waals surface area contributed by atoms with Gasteiger partial charge in [0.05, 0.1) is 5.54 Å². The lowest BCUT2D eigenvalue weighted by Gasteiger charge is -2.37. The molecule has 0 radical (unpaired) electrons. The van der Waals surface area contributed by atoms with Crippen LogP contribution < -0.4 is 5.73 Å². The summed E-state index contributed by atoms with van der Waals surface area (Å²) in [4.78, 5) is 28.8. The summed E-state index contributed by atoms with van der Waals surface area (Å²) >= 11 is 0. The molecule has 1 saturated carbocycles. The van der Waals surface area contributed by atoms with Gasteiger partial charge in [-0.2, -0.15) is 0 Å². The quantitative estimate of drug-likeness (QED) is 0.859. The summed E-state index contributed by atoms with van der Waals surface area (Å²) in [5.41, 5.74) is 5.68. The van der Waals surface area contributed by atoms with Gasteiger partial charge in [-0.1, -0.05) is 12.8 Å². The van der Waals surface area contributed by atoms with Crippen LogP contribution in [0.15, 0.2) is 0 Å². The smallest absolute Gasteiger partial charge is 0.242 e. The molecule has 5 heteroatoms. The largest absolute Gasteiger partial charge is 0.343 e. The zero-order chi connectivity index (χ0) is 15.6. The summed E-state index contributed by atoms with van der Waals surface area (Å²) in [6.07, 6.45) is 8.66. The van der Waals surface area contributed by atoms with E-state index in [4.69, 9.17) is 5.73 Å².